The van der Waals surface area contributed by atoms with E-state index >= 15 is 0 Å². The maximum absolute atomic E-state index is 6.31. The summed E-state index contributed by atoms with van der Waals surface area (Å²) < 4.78 is 0. The molecule has 0 amide bonds. The SMILES string of the molecule is Cc1[nH]c2c(C)cc(Cl)cc2c1SC1CCN(Cc2ccccc2)CC1.Cl. The fourth-order valence-electron chi connectivity index (χ4n) is 3.88. The number of halogens is 2. The van der Waals surface area contributed by atoms with Crippen molar-refractivity contribution < 1.29 is 0 Å². The summed E-state index contributed by atoms with van der Waals surface area (Å²) in [6, 6.07) is 14.9. The van der Waals surface area contributed by atoms with Crippen LogP contribution in [-0.2, 0) is 6.54 Å². The van der Waals surface area contributed by atoms with Gasteiger partial charge < -0.3 is 4.98 Å². The van der Waals surface area contributed by atoms with E-state index in [0.29, 0.717) is 5.25 Å². The van der Waals surface area contributed by atoms with Crippen LogP contribution >= 0.6 is 35.8 Å². The van der Waals surface area contributed by atoms with Gasteiger partial charge in [0.15, 0.2) is 0 Å². The number of aryl methyl sites for hydroxylation is 2. The Balaban J connectivity index is 0.00000210. The Bertz CT molecular complexity index is 900. The zero-order valence-electron chi connectivity index (χ0n) is 15.8. The number of H-pyrrole nitrogens is 1. The average molecular weight is 421 g/mol. The summed E-state index contributed by atoms with van der Waals surface area (Å²) in [5.74, 6) is 0. The second kappa shape index (κ2) is 8.91. The molecule has 1 aliphatic rings. The van der Waals surface area contributed by atoms with Crippen LogP contribution in [0.5, 0.6) is 0 Å². The molecule has 2 aromatic carbocycles. The predicted octanol–water partition coefficient (Wildman–Crippen LogP) is 6.62. The third kappa shape index (κ3) is 4.65. The first-order valence-corrected chi connectivity index (χ1v) is 10.6. The maximum atomic E-state index is 6.31. The van der Waals surface area contributed by atoms with E-state index in [1.54, 1.807) is 0 Å². The summed E-state index contributed by atoms with van der Waals surface area (Å²) in [5, 5.41) is 2.79. The molecule has 0 unspecified atom stereocenters. The van der Waals surface area contributed by atoms with Crippen LogP contribution in [0.2, 0.25) is 5.02 Å². The van der Waals surface area contributed by atoms with Crippen LogP contribution in [-0.4, -0.2) is 28.2 Å². The van der Waals surface area contributed by atoms with Crippen LogP contribution in [0.25, 0.3) is 10.9 Å². The number of hydrogen-bond donors (Lipinski definition) is 1. The Labute approximate surface area is 177 Å². The first kappa shape index (κ1) is 20.6. The van der Waals surface area contributed by atoms with E-state index in [4.69, 9.17) is 11.6 Å². The number of fused-ring (bicyclic) bond motifs is 1. The minimum atomic E-state index is 0. The summed E-state index contributed by atoms with van der Waals surface area (Å²) in [7, 11) is 0. The molecule has 27 heavy (non-hydrogen) atoms. The van der Waals surface area contributed by atoms with Crippen LogP contribution < -0.4 is 0 Å². The topological polar surface area (TPSA) is 19.0 Å². The van der Waals surface area contributed by atoms with Crippen molar-refractivity contribution in [1.29, 1.82) is 0 Å². The molecule has 1 fully saturated rings. The Morgan fingerprint density at radius 3 is 2.52 bits per heavy atom. The van der Waals surface area contributed by atoms with Gasteiger partial charge in [0, 0.05) is 38.3 Å². The molecule has 4 rings (SSSR count). The molecule has 1 saturated heterocycles. The van der Waals surface area contributed by atoms with E-state index in [9.17, 15) is 0 Å². The van der Waals surface area contributed by atoms with Crippen LogP contribution in [0.3, 0.4) is 0 Å². The Hall–Kier alpha value is -1.13. The van der Waals surface area contributed by atoms with Crippen molar-refractivity contribution in [2.75, 3.05) is 13.1 Å². The molecule has 1 aliphatic heterocycles. The van der Waals surface area contributed by atoms with Gasteiger partial charge in [0.25, 0.3) is 0 Å². The van der Waals surface area contributed by atoms with Gasteiger partial charge in [0.05, 0.1) is 0 Å². The molecule has 0 atom stereocenters. The molecule has 1 aromatic heterocycles. The van der Waals surface area contributed by atoms with Crippen molar-refractivity contribution in [2.45, 2.75) is 43.4 Å². The van der Waals surface area contributed by atoms with E-state index in [1.165, 1.54) is 58.6 Å². The van der Waals surface area contributed by atoms with Crippen LogP contribution in [0.15, 0.2) is 47.4 Å². The van der Waals surface area contributed by atoms with Gasteiger partial charge in [-0.1, -0.05) is 41.9 Å². The number of likely N-dealkylation sites (tertiary alicyclic amines) is 1. The van der Waals surface area contributed by atoms with Crippen molar-refractivity contribution in [3.05, 3.63) is 64.3 Å². The highest BCUT2D eigenvalue weighted by Gasteiger charge is 2.22. The highest BCUT2D eigenvalue weighted by Crippen LogP contribution is 2.39. The van der Waals surface area contributed by atoms with Crippen LogP contribution in [0.1, 0.15) is 29.7 Å². The van der Waals surface area contributed by atoms with E-state index in [1.807, 2.05) is 17.8 Å². The average Bonchev–Trinajstić information content (AvgIpc) is 2.94. The van der Waals surface area contributed by atoms with Gasteiger partial charge in [-0.05, 0) is 63.0 Å². The van der Waals surface area contributed by atoms with Crippen LogP contribution in [0, 0.1) is 13.8 Å². The predicted molar refractivity (Wildman–Crippen MR) is 121 cm³/mol. The fraction of sp³-hybridized carbons (Fsp3) is 0.364. The standard InChI is InChI=1S/C22H25ClN2S.ClH/c1-15-12-18(23)13-20-21(15)24-16(2)22(20)26-19-8-10-25(11-9-19)14-17-6-4-3-5-7-17;/h3-7,12-13,19,24H,8-11,14H2,1-2H3;1H. The van der Waals surface area contributed by atoms with E-state index < -0.39 is 0 Å². The van der Waals surface area contributed by atoms with Crippen molar-refractivity contribution in [3.63, 3.8) is 0 Å². The molecule has 0 bridgehead atoms. The molecule has 2 nitrogen and oxygen atoms in total. The number of aromatic nitrogens is 1. The maximum Gasteiger partial charge on any atom is 0.0498 e. The van der Waals surface area contributed by atoms with Crippen molar-refractivity contribution >= 4 is 46.7 Å². The highest BCUT2D eigenvalue weighted by molar-refractivity contribution is 8.00. The number of rotatable bonds is 4. The number of nitrogens with zero attached hydrogens (tertiary/aromatic N) is 1. The number of piperidine rings is 1. The molecule has 0 spiro atoms. The fourth-order valence-corrected chi connectivity index (χ4v) is 5.45. The number of hydrogen-bond acceptors (Lipinski definition) is 2. The van der Waals surface area contributed by atoms with Gasteiger partial charge >= 0.3 is 0 Å². The zero-order valence-corrected chi connectivity index (χ0v) is 18.2. The smallest absolute Gasteiger partial charge is 0.0498 e. The van der Waals surface area contributed by atoms with Crippen molar-refractivity contribution in [3.8, 4) is 0 Å². The van der Waals surface area contributed by atoms with E-state index in [-0.39, 0.29) is 12.4 Å². The lowest BCUT2D eigenvalue weighted by atomic mass is 10.1. The van der Waals surface area contributed by atoms with E-state index in [2.05, 4.69) is 60.1 Å². The monoisotopic (exact) mass is 420 g/mol. The molecule has 5 heteroatoms. The number of aromatic amines is 1. The molecule has 0 aliphatic carbocycles. The summed E-state index contributed by atoms with van der Waals surface area (Å²) in [5.41, 5.74) is 5.13. The summed E-state index contributed by atoms with van der Waals surface area (Å²) >= 11 is 8.35. The minimum Gasteiger partial charge on any atom is -0.357 e. The zero-order chi connectivity index (χ0) is 18.1. The van der Waals surface area contributed by atoms with Gasteiger partial charge in [-0.3, -0.25) is 4.90 Å². The largest absolute Gasteiger partial charge is 0.357 e. The Morgan fingerprint density at radius 2 is 1.81 bits per heavy atom. The van der Waals surface area contributed by atoms with Gasteiger partial charge in [-0.25, -0.2) is 0 Å². The Kier molecular flexibility index (Phi) is 6.80. The lowest BCUT2D eigenvalue weighted by molar-refractivity contribution is 0.225. The number of nitrogens with one attached hydrogen (secondary N) is 1. The quantitative estimate of drug-likeness (QED) is 0.511. The molecule has 2 heterocycles. The van der Waals surface area contributed by atoms with Crippen LogP contribution in [0.4, 0.5) is 0 Å². The second-order valence-corrected chi connectivity index (χ2v) is 9.05. The third-order valence-corrected chi connectivity index (χ3v) is 7.05. The molecule has 3 aromatic rings. The lowest BCUT2D eigenvalue weighted by Crippen LogP contribution is -2.34. The highest BCUT2D eigenvalue weighted by atomic mass is 35.5. The first-order chi connectivity index (χ1) is 12.6. The molecule has 1 N–H and O–H groups in total. The second-order valence-electron chi connectivity index (χ2n) is 7.30. The molecule has 0 radical (unpaired) electrons. The molecule has 144 valence electrons. The van der Waals surface area contributed by atoms with Crippen molar-refractivity contribution in [1.82, 2.24) is 9.88 Å². The third-order valence-electron chi connectivity index (χ3n) is 5.27. The lowest BCUT2D eigenvalue weighted by Gasteiger charge is -2.31. The number of benzene rings is 2. The summed E-state index contributed by atoms with van der Waals surface area (Å²) in [6.45, 7) is 7.72. The summed E-state index contributed by atoms with van der Waals surface area (Å²) in [6.07, 6.45) is 2.48. The van der Waals surface area contributed by atoms with Crippen molar-refractivity contribution in [2.24, 2.45) is 0 Å². The first-order valence-electron chi connectivity index (χ1n) is 9.31. The van der Waals surface area contributed by atoms with Gasteiger partial charge in [0.2, 0.25) is 0 Å². The van der Waals surface area contributed by atoms with Gasteiger partial charge in [-0.2, -0.15) is 0 Å². The minimum absolute atomic E-state index is 0. The summed E-state index contributed by atoms with van der Waals surface area (Å²) in [4.78, 5) is 7.52. The Morgan fingerprint density at radius 1 is 1.11 bits per heavy atom. The molecular weight excluding hydrogens is 395 g/mol. The molecule has 0 saturated carbocycles. The normalized spacial score (nSPS) is 15.8. The number of thioether (sulfide) groups is 1. The van der Waals surface area contributed by atoms with Gasteiger partial charge in [-0.15, -0.1) is 24.2 Å². The molecular formula is C22H26Cl2N2S. The van der Waals surface area contributed by atoms with Gasteiger partial charge in [0.1, 0.15) is 0 Å². The van der Waals surface area contributed by atoms with E-state index in [0.717, 1.165) is 11.6 Å².